The van der Waals surface area contributed by atoms with Gasteiger partial charge in [0.15, 0.2) is 0 Å². The molecule has 0 radical (unpaired) electrons. The van der Waals surface area contributed by atoms with Crippen LogP contribution in [0.15, 0.2) is 30.5 Å². The SMILES string of the molecule is CCOC(=O)c1sc2c(c1N)CCOc1c-2cnn1Cc1ccc(OC)cc1. The fourth-order valence-electron chi connectivity index (χ4n) is 3.24. The van der Waals surface area contributed by atoms with Gasteiger partial charge in [-0.3, -0.25) is 0 Å². The van der Waals surface area contributed by atoms with E-state index >= 15 is 0 Å². The van der Waals surface area contributed by atoms with Crippen LogP contribution in [0.4, 0.5) is 5.69 Å². The van der Waals surface area contributed by atoms with E-state index in [0.29, 0.717) is 42.6 Å². The number of methoxy groups -OCH3 is 1. The van der Waals surface area contributed by atoms with Gasteiger partial charge in [0, 0.05) is 11.3 Å². The zero-order valence-corrected chi connectivity index (χ0v) is 16.5. The van der Waals surface area contributed by atoms with Gasteiger partial charge in [0.05, 0.1) is 44.3 Å². The van der Waals surface area contributed by atoms with Crippen LogP contribution >= 0.6 is 11.3 Å². The van der Waals surface area contributed by atoms with E-state index in [1.165, 1.54) is 11.3 Å². The summed E-state index contributed by atoms with van der Waals surface area (Å²) >= 11 is 1.34. The maximum absolute atomic E-state index is 12.2. The van der Waals surface area contributed by atoms with Crippen molar-refractivity contribution >= 4 is 23.0 Å². The Hall–Kier alpha value is -3.00. The highest BCUT2D eigenvalue weighted by Crippen LogP contribution is 2.44. The van der Waals surface area contributed by atoms with Crippen LogP contribution in [-0.4, -0.2) is 36.1 Å². The molecule has 0 saturated heterocycles. The first-order valence-electron chi connectivity index (χ1n) is 9.02. The third kappa shape index (κ3) is 3.20. The summed E-state index contributed by atoms with van der Waals surface area (Å²) in [5.41, 5.74) is 9.60. The summed E-state index contributed by atoms with van der Waals surface area (Å²) in [6.07, 6.45) is 2.40. The van der Waals surface area contributed by atoms with Crippen LogP contribution < -0.4 is 15.2 Å². The number of anilines is 1. The van der Waals surface area contributed by atoms with Crippen LogP contribution in [0, 0.1) is 0 Å². The Morgan fingerprint density at radius 3 is 2.86 bits per heavy atom. The number of thiophene rings is 1. The lowest BCUT2D eigenvalue weighted by atomic mass is 10.1. The van der Waals surface area contributed by atoms with Crippen LogP contribution in [-0.2, 0) is 17.7 Å². The van der Waals surface area contributed by atoms with E-state index in [0.717, 1.165) is 27.3 Å². The number of esters is 1. The lowest BCUT2D eigenvalue weighted by Gasteiger charge is -2.09. The molecule has 3 heterocycles. The van der Waals surface area contributed by atoms with Gasteiger partial charge in [-0.15, -0.1) is 11.3 Å². The van der Waals surface area contributed by atoms with Crippen molar-refractivity contribution in [3.63, 3.8) is 0 Å². The summed E-state index contributed by atoms with van der Waals surface area (Å²) < 4.78 is 18.2. The molecule has 7 nitrogen and oxygen atoms in total. The van der Waals surface area contributed by atoms with E-state index < -0.39 is 0 Å². The summed E-state index contributed by atoms with van der Waals surface area (Å²) in [6.45, 7) is 3.13. The summed E-state index contributed by atoms with van der Waals surface area (Å²) in [4.78, 5) is 13.6. The summed E-state index contributed by atoms with van der Waals surface area (Å²) in [7, 11) is 1.64. The molecule has 2 N–H and O–H groups in total. The minimum absolute atomic E-state index is 0.314. The first kappa shape index (κ1) is 18.4. The number of nitrogen functional groups attached to an aromatic ring is 1. The van der Waals surface area contributed by atoms with Crippen LogP contribution in [0.5, 0.6) is 11.6 Å². The van der Waals surface area contributed by atoms with Gasteiger partial charge in [0.1, 0.15) is 10.6 Å². The van der Waals surface area contributed by atoms with Gasteiger partial charge >= 0.3 is 5.97 Å². The standard InChI is InChI=1S/C20H21N3O4S/c1-3-26-20(24)18-16(21)14-8-9-27-19-15(17(14)28-18)10-22-23(19)11-12-4-6-13(25-2)7-5-12/h4-7,10H,3,8-9,11,21H2,1-2H3. The Morgan fingerprint density at radius 1 is 1.36 bits per heavy atom. The van der Waals surface area contributed by atoms with Gasteiger partial charge in [0.25, 0.3) is 0 Å². The molecule has 1 aliphatic rings. The number of hydrogen-bond donors (Lipinski definition) is 1. The second-order valence-electron chi connectivity index (χ2n) is 6.34. The van der Waals surface area contributed by atoms with Gasteiger partial charge < -0.3 is 19.9 Å². The molecule has 0 bridgehead atoms. The van der Waals surface area contributed by atoms with Crippen LogP contribution in [0.25, 0.3) is 10.4 Å². The number of carbonyl (C=O) groups excluding carboxylic acids is 1. The number of aromatic nitrogens is 2. The molecule has 1 aromatic carbocycles. The van der Waals surface area contributed by atoms with E-state index in [1.807, 2.05) is 28.9 Å². The first-order chi connectivity index (χ1) is 13.6. The molecule has 0 aliphatic carbocycles. The molecular weight excluding hydrogens is 378 g/mol. The molecule has 3 aromatic rings. The largest absolute Gasteiger partial charge is 0.497 e. The van der Waals surface area contributed by atoms with Gasteiger partial charge in [-0.1, -0.05) is 12.1 Å². The molecule has 2 aromatic heterocycles. The monoisotopic (exact) mass is 399 g/mol. The Kier molecular flexibility index (Phi) is 4.95. The van der Waals surface area contributed by atoms with Crippen LogP contribution in [0.3, 0.4) is 0 Å². The number of fused-ring (bicyclic) bond motifs is 3. The summed E-state index contributed by atoms with van der Waals surface area (Å²) in [6, 6.07) is 7.83. The molecule has 0 saturated carbocycles. The molecule has 28 heavy (non-hydrogen) atoms. The Balaban J connectivity index is 1.69. The predicted molar refractivity (Wildman–Crippen MR) is 107 cm³/mol. The lowest BCUT2D eigenvalue weighted by molar-refractivity contribution is 0.0533. The Morgan fingerprint density at radius 2 is 2.14 bits per heavy atom. The van der Waals surface area contributed by atoms with E-state index in [-0.39, 0.29) is 5.97 Å². The number of rotatable bonds is 5. The van der Waals surface area contributed by atoms with Gasteiger partial charge in [-0.05, 0) is 30.2 Å². The lowest BCUT2D eigenvalue weighted by Crippen LogP contribution is -2.09. The number of carbonyl (C=O) groups is 1. The molecule has 146 valence electrons. The Bertz CT molecular complexity index is 1010. The minimum Gasteiger partial charge on any atom is -0.497 e. The minimum atomic E-state index is -0.383. The van der Waals surface area contributed by atoms with Crippen molar-refractivity contribution in [3.8, 4) is 22.1 Å². The molecule has 0 atom stereocenters. The topological polar surface area (TPSA) is 88.6 Å². The van der Waals surface area contributed by atoms with Gasteiger partial charge in [0.2, 0.25) is 5.88 Å². The highest BCUT2D eigenvalue weighted by atomic mass is 32.1. The molecule has 0 fully saturated rings. The smallest absolute Gasteiger partial charge is 0.350 e. The number of nitrogens with two attached hydrogens (primary N) is 1. The summed E-state index contributed by atoms with van der Waals surface area (Å²) in [5, 5.41) is 4.51. The van der Waals surface area contributed by atoms with E-state index in [4.69, 9.17) is 19.9 Å². The average molecular weight is 399 g/mol. The maximum Gasteiger partial charge on any atom is 0.350 e. The fraction of sp³-hybridized carbons (Fsp3) is 0.300. The van der Waals surface area contributed by atoms with Crippen LogP contribution in [0.1, 0.15) is 27.7 Å². The van der Waals surface area contributed by atoms with Gasteiger partial charge in [-0.2, -0.15) is 5.10 Å². The second-order valence-corrected chi connectivity index (χ2v) is 7.36. The number of benzene rings is 1. The molecule has 4 rings (SSSR count). The molecule has 0 spiro atoms. The summed E-state index contributed by atoms with van der Waals surface area (Å²) in [5.74, 6) is 1.11. The number of ether oxygens (including phenoxy) is 3. The van der Waals surface area contributed by atoms with Crippen molar-refractivity contribution in [3.05, 3.63) is 46.5 Å². The van der Waals surface area contributed by atoms with Crippen LogP contribution in [0.2, 0.25) is 0 Å². The van der Waals surface area contributed by atoms with Crippen molar-refractivity contribution in [2.45, 2.75) is 19.9 Å². The third-order valence-corrected chi connectivity index (χ3v) is 5.89. The third-order valence-electron chi connectivity index (χ3n) is 4.63. The van der Waals surface area contributed by atoms with Crippen molar-refractivity contribution in [1.82, 2.24) is 9.78 Å². The Labute approximate surface area is 166 Å². The molecular formula is C20H21N3O4S. The van der Waals surface area contributed by atoms with E-state index in [9.17, 15) is 4.79 Å². The normalized spacial score (nSPS) is 12.5. The first-order valence-corrected chi connectivity index (χ1v) is 9.84. The molecule has 1 aliphatic heterocycles. The zero-order valence-electron chi connectivity index (χ0n) is 15.7. The predicted octanol–water partition coefficient (Wildman–Crippen LogP) is 3.36. The molecule has 8 heteroatoms. The highest BCUT2D eigenvalue weighted by Gasteiger charge is 2.28. The van der Waals surface area contributed by atoms with Gasteiger partial charge in [-0.25, -0.2) is 9.48 Å². The van der Waals surface area contributed by atoms with Crippen molar-refractivity contribution in [2.24, 2.45) is 0 Å². The highest BCUT2D eigenvalue weighted by molar-refractivity contribution is 7.18. The quantitative estimate of drug-likeness (QED) is 0.662. The maximum atomic E-state index is 12.2. The molecule has 0 amide bonds. The van der Waals surface area contributed by atoms with Crippen molar-refractivity contribution < 1.29 is 19.0 Å². The fourth-order valence-corrected chi connectivity index (χ4v) is 4.41. The van der Waals surface area contributed by atoms with E-state index in [1.54, 1.807) is 20.2 Å². The second kappa shape index (κ2) is 7.55. The number of nitrogens with zero attached hydrogens (tertiary/aromatic N) is 2. The van der Waals surface area contributed by atoms with E-state index in [2.05, 4.69) is 5.10 Å². The van der Waals surface area contributed by atoms with Crippen molar-refractivity contribution in [1.29, 1.82) is 0 Å². The number of hydrogen-bond acceptors (Lipinski definition) is 7. The zero-order chi connectivity index (χ0) is 19.7. The molecule has 0 unspecified atom stereocenters. The average Bonchev–Trinajstić information content (AvgIpc) is 3.18. The van der Waals surface area contributed by atoms with Crippen molar-refractivity contribution in [2.75, 3.05) is 26.1 Å².